The highest BCUT2D eigenvalue weighted by Gasteiger charge is 2.27. The molecule has 1 aromatic carbocycles. The maximum atomic E-state index is 13.0. The van der Waals surface area contributed by atoms with E-state index < -0.39 is 10.0 Å². The SMILES string of the molecule is Cc1cc(CN2CCN(CC(=O)Nc3cc(S(=O)(=O)N4CCOCC4)ccc3C)CC2)no1. The summed E-state index contributed by atoms with van der Waals surface area (Å²) in [5.41, 5.74) is 2.26. The number of nitrogens with one attached hydrogen (secondary N) is 1. The molecule has 2 aromatic rings. The van der Waals surface area contributed by atoms with Crippen molar-refractivity contribution >= 4 is 21.6 Å². The van der Waals surface area contributed by atoms with Gasteiger partial charge in [-0.2, -0.15) is 4.31 Å². The third-order valence-electron chi connectivity index (χ3n) is 5.99. The third kappa shape index (κ3) is 5.98. The van der Waals surface area contributed by atoms with Crippen LogP contribution < -0.4 is 5.32 Å². The second-order valence-corrected chi connectivity index (χ2v) is 10.5. The smallest absolute Gasteiger partial charge is 0.243 e. The van der Waals surface area contributed by atoms with E-state index in [1.54, 1.807) is 18.2 Å². The average Bonchev–Trinajstić information content (AvgIpc) is 3.21. The minimum atomic E-state index is -3.62. The van der Waals surface area contributed by atoms with E-state index in [0.29, 0.717) is 32.0 Å². The van der Waals surface area contributed by atoms with Gasteiger partial charge in [-0.05, 0) is 31.5 Å². The Morgan fingerprint density at radius 3 is 2.39 bits per heavy atom. The Balaban J connectivity index is 1.32. The first kappa shape index (κ1) is 23.8. The maximum Gasteiger partial charge on any atom is 0.243 e. The summed E-state index contributed by atoms with van der Waals surface area (Å²) in [5, 5.41) is 6.94. The van der Waals surface area contributed by atoms with Gasteiger partial charge in [0.1, 0.15) is 5.76 Å². The number of rotatable bonds is 7. The molecular weight excluding hydrogens is 446 g/mol. The minimum absolute atomic E-state index is 0.153. The van der Waals surface area contributed by atoms with Crippen molar-refractivity contribution in [3.8, 4) is 0 Å². The zero-order chi connectivity index (χ0) is 23.4. The fraction of sp³-hybridized carbons (Fsp3) is 0.545. The molecule has 0 spiro atoms. The Bertz CT molecular complexity index is 1070. The van der Waals surface area contributed by atoms with Crippen LogP contribution in [0.25, 0.3) is 0 Å². The highest BCUT2D eigenvalue weighted by Crippen LogP contribution is 2.24. The molecule has 10 nitrogen and oxygen atoms in total. The molecular formula is C22H31N5O5S. The molecule has 33 heavy (non-hydrogen) atoms. The van der Waals surface area contributed by atoms with Gasteiger partial charge in [0.05, 0.1) is 30.3 Å². The van der Waals surface area contributed by atoms with Crippen molar-refractivity contribution in [3.05, 3.63) is 41.3 Å². The van der Waals surface area contributed by atoms with Gasteiger partial charge in [0.15, 0.2) is 0 Å². The number of amides is 1. The van der Waals surface area contributed by atoms with Gasteiger partial charge < -0.3 is 14.6 Å². The molecule has 0 saturated carbocycles. The first-order valence-corrected chi connectivity index (χ1v) is 12.6. The monoisotopic (exact) mass is 477 g/mol. The molecule has 4 rings (SSSR count). The predicted octanol–water partition coefficient (Wildman–Crippen LogP) is 1.07. The molecule has 1 aromatic heterocycles. The zero-order valence-electron chi connectivity index (χ0n) is 19.1. The number of anilines is 1. The first-order valence-electron chi connectivity index (χ1n) is 11.2. The van der Waals surface area contributed by atoms with E-state index in [4.69, 9.17) is 9.26 Å². The summed E-state index contributed by atoms with van der Waals surface area (Å²) in [5.74, 6) is 0.650. The van der Waals surface area contributed by atoms with Crippen LogP contribution in [-0.2, 0) is 26.1 Å². The lowest BCUT2D eigenvalue weighted by Gasteiger charge is -2.33. The molecule has 1 amide bonds. The van der Waals surface area contributed by atoms with Gasteiger partial charge in [-0.3, -0.25) is 14.6 Å². The van der Waals surface area contributed by atoms with Crippen LogP contribution in [0.5, 0.6) is 0 Å². The molecule has 3 heterocycles. The molecule has 2 fully saturated rings. The fourth-order valence-corrected chi connectivity index (χ4v) is 5.49. The first-order chi connectivity index (χ1) is 15.8. The molecule has 0 aliphatic carbocycles. The number of hydrogen-bond acceptors (Lipinski definition) is 8. The van der Waals surface area contributed by atoms with E-state index in [1.165, 1.54) is 4.31 Å². The summed E-state index contributed by atoms with van der Waals surface area (Å²) in [7, 11) is -3.62. The number of sulfonamides is 1. The van der Waals surface area contributed by atoms with Crippen molar-refractivity contribution in [1.29, 1.82) is 0 Å². The van der Waals surface area contributed by atoms with E-state index in [9.17, 15) is 13.2 Å². The van der Waals surface area contributed by atoms with Crippen LogP contribution in [0.15, 0.2) is 33.7 Å². The normalized spacial score (nSPS) is 19.0. The Labute approximate surface area is 194 Å². The topological polar surface area (TPSA) is 108 Å². The maximum absolute atomic E-state index is 13.0. The lowest BCUT2D eigenvalue weighted by Crippen LogP contribution is -2.48. The lowest BCUT2D eigenvalue weighted by molar-refractivity contribution is -0.117. The van der Waals surface area contributed by atoms with Crippen LogP contribution >= 0.6 is 0 Å². The van der Waals surface area contributed by atoms with Crippen molar-refractivity contribution < 1.29 is 22.5 Å². The van der Waals surface area contributed by atoms with Gasteiger partial charge in [0, 0.05) is 57.6 Å². The van der Waals surface area contributed by atoms with E-state index in [-0.39, 0.29) is 17.3 Å². The number of nitrogens with zero attached hydrogens (tertiary/aromatic N) is 4. The van der Waals surface area contributed by atoms with Crippen LogP contribution in [0.4, 0.5) is 5.69 Å². The van der Waals surface area contributed by atoms with Crippen LogP contribution in [-0.4, -0.2) is 92.6 Å². The molecule has 180 valence electrons. The molecule has 1 N–H and O–H groups in total. The highest BCUT2D eigenvalue weighted by molar-refractivity contribution is 7.89. The fourth-order valence-electron chi connectivity index (χ4n) is 4.05. The average molecular weight is 478 g/mol. The molecule has 0 radical (unpaired) electrons. The lowest BCUT2D eigenvalue weighted by atomic mass is 10.2. The number of carbonyl (C=O) groups is 1. The quantitative estimate of drug-likeness (QED) is 0.631. The van der Waals surface area contributed by atoms with Gasteiger partial charge >= 0.3 is 0 Å². The third-order valence-corrected chi connectivity index (χ3v) is 7.88. The van der Waals surface area contributed by atoms with Gasteiger partial charge in [-0.25, -0.2) is 8.42 Å². The Hall–Kier alpha value is -2.31. The number of ether oxygens (including phenoxy) is 1. The van der Waals surface area contributed by atoms with Gasteiger partial charge in [0.25, 0.3) is 0 Å². The minimum Gasteiger partial charge on any atom is -0.379 e. The predicted molar refractivity (Wildman–Crippen MR) is 122 cm³/mol. The largest absolute Gasteiger partial charge is 0.379 e. The standard InChI is InChI=1S/C22H31N5O5S/c1-17-3-4-20(33(29,30)27-9-11-31-12-10-27)14-21(17)23-22(28)16-26-7-5-25(6-8-26)15-19-13-18(2)32-24-19/h3-4,13-14H,5-12,15-16H2,1-2H3,(H,23,28). The number of aromatic nitrogens is 1. The second kappa shape index (κ2) is 10.3. The Morgan fingerprint density at radius 2 is 1.73 bits per heavy atom. The van der Waals surface area contributed by atoms with Crippen molar-refractivity contribution in [1.82, 2.24) is 19.3 Å². The van der Waals surface area contributed by atoms with Gasteiger partial charge in [-0.15, -0.1) is 0 Å². The summed E-state index contributed by atoms with van der Waals surface area (Å²) in [4.78, 5) is 17.3. The van der Waals surface area contributed by atoms with E-state index in [2.05, 4.69) is 20.3 Å². The molecule has 0 bridgehead atoms. The van der Waals surface area contributed by atoms with Crippen LogP contribution in [0.2, 0.25) is 0 Å². The van der Waals surface area contributed by atoms with Crippen LogP contribution in [0.3, 0.4) is 0 Å². The molecule has 2 saturated heterocycles. The van der Waals surface area contributed by atoms with E-state index in [0.717, 1.165) is 49.7 Å². The Kier molecular flexibility index (Phi) is 7.45. The summed E-state index contributed by atoms with van der Waals surface area (Å²) in [6.07, 6.45) is 0. The number of benzene rings is 1. The molecule has 0 unspecified atom stereocenters. The summed E-state index contributed by atoms with van der Waals surface area (Å²) in [6.45, 7) is 9.40. The molecule has 2 aliphatic rings. The van der Waals surface area contributed by atoms with Gasteiger partial charge in [0.2, 0.25) is 15.9 Å². The van der Waals surface area contributed by atoms with Gasteiger partial charge in [-0.1, -0.05) is 11.2 Å². The summed E-state index contributed by atoms with van der Waals surface area (Å²) in [6, 6.07) is 6.81. The molecule has 2 aliphatic heterocycles. The van der Waals surface area contributed by atoms with Crippen molar-refractivity contribution in [3.63, 3.8) is 0 Å². The number of carbonyl (C=O) groups excluding carboxylic acids is 1. The number of morpholine rings is 1. The Morgan fingerprint density at radius 1 is 1.03 bits per heavy atom. The highest BCUT2D eigenvalue weighted by atomic mass is 32.2. The zero-order valence-corrected chi connectivity index (χ0v) is 19.9. The van der Waals surface area contributed by atoms with Crippen molar-refractivity contribution in [2.45, 2.75) is 25.3 Å². The van der Waals surface area contributed by atoms with Crippen LogP contribution in [0.1, 0.15) is 17.0 Å². The molecule has 11 heteroatoms. The van der Waals surface area contributed by atoms with Crippen LogP contribution in [0, 0.1) is 13.8 Å². The van der Waals surface area contributed by atoms with Crippen molar-refractivity contribution in [2.75, 3.05) is 64.3 Å². The van der Waals surface area contributed by atoms with Crippen molar-refractivity contribution in [2.24, 2.45) is 0 Å². The van der Waals surface area contributed by atoms with E-state index >= 15 is 0 Å². The summed E-state index contributed by atoms with van der Waals surface area (Å²) >= 11 is 0. The number of hydrogen-bond donors (Lipinski definition) is 1. The van der Waals surface area contributed by atoms with E-state index in [1.807, 2.05) is 19.9 Å². The number of piperazine rings is 1. The number of aryl methyl sites for hydroxylation is 2. The summed E-state index contributed by atoms with van der Waals surface area (Å²) < 4.78 is 37.7. The second-order valence-electron chi connectivity index (χ2n) is 8.52. The molecule has 0 atom stereocenters.